The van der Waals surface area contributed by atoms with Crippen LogP contribution in [0.25, 0.3) is 0 Å². The Morgan fingerprint density at radius 2 is 2.40 bits per heavy atom. The van der Waals surface area contributed by atoms with Crippen molar-refractivity contribution in [2.24, 2.45) is 5.92 Å². The molecule has 0 aromatic carbocycles. The Labute approximate surface area is 92.3 Å². The molecule has 1 saturated heterocycles. The molecule has 3 nitrogen and oxygen atoms in total. The lowest BCUT2D eigenvalue weighted by Gasteiger charge is -2.09. The van der Waals surface area contributed by atoms with Crippen LogP contribution in [-0.2, 0) is 4.79 Å². The predicted molar refractivity (Wildman–Crippen MR) is 62.7 cm³/mol. The van der Waals surface area contributed by atoms with Crippen molar-refractivity contribution in [3.05, 3.63) is 11.6 Å². The molecule has 0 aromatic heterocycles. The van der Waals surface area contributed by atoms with Crippen molar-refractivity contribution in [2.45, 2.75) is 33.1 Å². The van der Waals surface area contributed by atoms with E-state index < -0.39 is 0 Å². The van der Waals surface area contributed by atoms with Crippen LogP contribution in [0, 0.1) is 5.92 Å². The summed E-state index contributed by atoms with van der Waals surface area (Å²) in [6.45, 7) is 6.96. The quantitative estimate of drug-likeness (QED) is 0.674. The average molecular weight is 210 g/mol. The van der Waals surface area contributed by atoms with Gasteiger partial charge in [-0.1, -0.05) is 13.0 Å². The monoisotopic (exact) mass is 210 g/mol. The minimum absolute atomic E-state index is 0.0859. The van der Waals surface area contributed by atoms with E-state index in [1.807, 2.05) is 19.9 Å². The Bertz CT molecular complexity index is 230. The van der Waals surface area contributed by atoms with Gasteiger partial charge in [0.05, 0.1) is 0 Å². The summed E-state index contributed by atoms with van der Waals surface area (Å²) in [5.74, 6) is 0.837. The van der Waals surface area contributed by atoms with Gasteiger partial charge >= 0.3 is 0 Å². The molecule has 1 aliphatic heterocycles. The van der Waals surface area contributed by atoms with Gasteiger partial charge in [-0.25, -0.2) is 0 Å². The van der Waals surface area contributed by atoms with Crippen LogP contribution in [-0.4, -0.2) is 25.5 Å². The first-order chi connectivity index (χ1) is 7.24. The number of hydrogen-bond acceptors (Lipinski definition) is 2. The summed E-state index contributed by atoms with van der Waals surface area (Å²) in [5.41, 5.74) is 0.835. The van der Waals surface area contributed by atoms with Crippen LogP contribution in [0.15, 0.2) is 11.6 Å². The highest BCUT2D eigenvalue weighted by atomic mass is 16.1. The lowest BCUT2D eigenvalue weighted by molar-refractivity contribution is -0.117. The molecule has 0 aromatic rings. The Hall–Kier alpha value is -0.830. The van der Waals surface area contributed by atoms with Crippen LogP contribution < -0.4 is 10.6 Å². The second-order valence-corrected chi connectivity index (χ2v) is 4.20. The molecule has 15 heavy (non-hydrogen) atoms. The molecule has 0 radical (unpaired) electrons. The number of hydrogen-bond donors (Lipinski definition) is 2. The third-order valence-corrected chi connectivity index (χ3v) is 2.87. The van der Waals surface area contributed by atoms with Crippen molar-refractivity contribution in [2.75, 3.05) is 19.6 Å². The standard InChI is InChI=1S/C12H22N2O/c1-3-4-10(2)12(15)14-8-6-11-5-7-13-9-11/h4,11,13H,3,5-9H2,1-2H3,(H,14,15). The van der Waals surface area contributed by atoms with Gasteiger partial charge in [-0.05, 0) is 45.2 Å². The van der Waals surface area contributed by atoms with E-state index in [9.17, 15) is 4.79 Å². The van der Waals surface area contributed by atoms with Crippen molar-refractivity contribution >= 4 is 5.91 Å². The Balaban J connectivity index is 2.13. The molecular weight excluding hydrogens is 188 g/mol. The fraction of sp³-hybridized carbons (Fsp3) is 0.750. The summed E-state index contributed by atoms with van der Waals surface area (Å²) < 4.78 is 0. The zero-order chi connectivity index (χ0) is 11.1. The van der Waals surface area contributed by atoms with Gasteiger partial charge < -0.3 is 10.6 Å². The van der Waals surface area contributed by atoms with Gasteiger partial charge in [-0.2, -0.15) is 0 Å². The maximum atomic E-state index is 11.5. The van der Waals surface area contributed by atoms with Crippen molar-refractivity contribution < 1.29 is 4.79 Å². The topological polar surface area (TPSA) is 41.1 Å². The minimum atomic E-state index is 0.0859. The molecule has 86 valence electrons. The molecule has 1 amide bonds. The van der Waals surface area contributed by atoms with Gasteiger partial charge in [-0.3, -0.25) is 4.79 Å². The van der Waals surface area contributed by atoms with Gasteiger partial charge in [0.2, 0.25) is 5.91 Å². The van der Waals surface area contributed by atoms with Crippen LogP contribution in [0.3, 0.4) is 0 Å². The molecule has 3 heteroatoms. The maximum Gasteiger partial charge on any atom is 0.246 e. The zero-order valence-corrected chi connectivity index (χ0v) is 9.81. The van der Waals surface area contributed by atoms with E-state index in [-0.39, 0.29) is 5.91 Å². The molecule has 1 aliphatic rings. The molecule has 1 rings (SSSR count). The predicted octanol–water partition coefficient (Wildman–Crippen LogP) is 1.46. The van der Waals surface area contributed by atoms with Gasteiger partial charge in [0.25, 0.3) is 0 Å². The second kappa shape index (κ2) is 6.62. The van der Waals surface area contributed by atoms with E-state index in [1.54, 1.807) is 0 Å². The SMILES string of the molecule is CCC=C(C)C(=O)NCCC1CCNC1. The van der Waals surface area contributed by atoms with Crippen molar-refractivity contribution in [1.82, 2.24) is 10.6 Å². The summed E-state index contributed by atoms with van der Waals surface area (Å²) >= 11 is 0. The smallest absolute Gasteiger partial charge is 0.246 e. The highest BCUT2D eigenvalue weighted by Crippen LogP contribution is 2.10. The summed E-state index contributed by atoms with van der Waals surface area (Å²) in [4.78, 5) is 11.5. The lowest BCUT2D eigenvalue weighted by Crippen LogP contribution is -2.27. The highest BCUT2D eigenvalue weighted by molar-refractivity contribution is 5.92. The van der Waals surface area contributed by atoms with E-state index in [4.69, 9.17) is 0 Å². The summed E-state index contributed by atoms with van der Waals surface area (Å²) in [5, 5.41) is 6.29. The number of rotatable bonds is 5. The molecule has 1 heterocycles. The largest absolute Gasteiger partial charge is 0.352 e. The molecule has 0 spiro atoms. The Morgan fingerprint density at radius 1 is 1.60 bits per heavy atom. The van der Waals surface area contributed by atoms with E-state index in [0.29, 0.717) is 0 Å². The van der Waals surface area contributed by atoms with Crippen LogP contribution in [0.2, 0.25) is 0 Å². The van der Waals surface area contributed by atoms with Crippen LogP contribution in [0.1, 0.15) is 33.1 Å². The molecule has 0 bridgehead atoms. The van der Waals surface area contributed by atoms with Crippen molar-refractivity contribution in [3.8, 4) is 0 Å². The van der Waals surface area contributed by atoms with E-state index in [1.165, 1.54) is 6.42 Å². The summed E-state index contributed by atoms with van der Waals surface area (Å²) in [6, 6.07) is 0. The van der Waals surface area contributed by atoms with Gasteiger partial charge in [-0.15, -0.1) is 0 Å². The normalized spacial score (nSPS) is 21.7. The fourth-order valence-corrected chi connectivity index (χ4v) is 1.89. The van der Waals surface area contributed by atoms with Crippen molar-refractivity contribution in [1.29, 1.82) is 0 Å². The number of amides is 1. The van der Waals surface area contributed by atoms with Crippen molar-refractivity contribution in [3.63, 3.8) is 0 Å². The minimum Gasteiger partial charge on any atom is -0.352 e. The first-order valence-electron chi connectivity index (χ1n) is 5.89. The third kappa shape index (κ3) is 4.47. The second-order valence-electron chi connectivity index (χ2n) is 4.20. The summed E-state index contributed by atoms with van der Waals surface area (Å²) in [7, 11) is 0. The Kier molecular flexibility index (Phi) is 5.40. The van der Waals surface area contributed by atoms with Crippen LogP contribution in [0.4, 0.5) is 0 Å². The molecular formula is C12H22N2O. The summed E-state index contributed by atoms with van der Waals surface area (Å²) in [6.07, 6.45) is 5.23. The zero-order valence-electron chi connectivity index (χ0n) is 9.81. The molecule has 0 saturated carbocycles. The number of carbonyl (C=O) groups excluding carboxylic acids is 1. The number of nitrogens with one attached hydrogen (secondary N) is 2. The number of carbonyl (C=O) groups is 1. The maximum absolute atomic E-state index is 11.5. The molecule has 1 fully saturated rings. The third-order valence-electron chi connectivity index (χ3n) is 2.87. The van der Waals surface area contributed by atoms with Gasteiger partial charge in [0.15, 0.2) is 0 Å². The first-order valence-corrected chi connectivity index (χ1v) is 5.89. The fourth-order valence-electron chi connectivity index (χ4n) is 1.89. The molecule has 2 N–H and O–H groups in total. The first kappa shape index (κ1) is 12.2. The Morgan fingerprint density at radius 3 is 3.00 bits per heavy atom. The average Bonchev–Trinajstić information content (AvgIpc) is 2.71. The number of allylic oxidation sites excluding steroid dienone is 1. The molecule has 1 atom stereocenters. The highest BCUT2D eigenvalue weighted by Gasteiger charge is 2.14. The van der Waals surface area contributed by atoms with E-state index >= 15 is 0 Å². The van der Waals surface area contributed by atoms with Crippen LogP contribution in [0.5, 0.6) is 0 Å². The van der Waals surface area contributed by atoms with E-state index in [2.05, 4.69) is 10.6 Å². The van der Waals surface area contributed by atoms with E-state index in [0.717, 1.165) is 44.0 Å². The van der Waals surface area contributed by atoms with Gasteiger partial charge in [0.1, 0.15) is 0 Å². The van der Waals surface area contributed by atoms with Gasteiger partial charge in [0, 0.05) is 12.1 Å². The molecule has 0 aliphatic carbocycles. The molecule has 1 unspecified atom stereocenters. The lowest BCUT2D eigenvalue weighted by atomic mass is 10.1. The van der Waals surface area contributed by atoms with Crippen LogP contribution >= 0.6 is 0 Å².